The molecule has 10 rings (SSSR count). The molecule has 52 heavy (non-hydrogen) atoms. The fourth-order valence-electron chi connectivity index (χ4n) is 8.21. The second-order valence-corrected chi connectivity index (χ2v) is 13.6. The first-order chi connectivity index (χ1) is 25.8. The fraction of sp³-hybridized carbons (Fsp3) is 0. The molecule has 0 nitrogen and oxygen atoms in total. The SMILES string of the molecule is c1ccc(-c2ccc(-c3c4ccccc4c(-c4cccc(-c5ccccc5)c4)c4ccc(-c5cc6ccccc6c6ccccc56)cc34)cc2)cc1. The highest BCUT2D eigenvalue weighted by Gasteiger charge is 2.19. The van der Waals surface area contributed by atoms with Crippen LogP contribution < -0.4 is 0 Å². The van der Waals surface area contributed by atoms with E-state index in [0.29, 0.717) is 0 Å². The zero-order chi connectivity index (χ0) is 34.4. The van der Waals surface area contributed by atoms with Crippen LogP contribution in [-0.2, 0) is 0 Å². The molecule has 0 N–H and O–H groups in total. The van der Waals surface area contributed by atoms with Crippen LogP contribution in [0.1, 0.15) is 0 Å². The third-order valence-corrected chi connectivity index (χ3v) is 10.6. The van der Waals surface area contributed by atoms with Gasteiger partial charge in [0.1, 0.15) is 0 Å². The van der Waals surface area contributed by atoms with Crippen LogP contribution in [0.25, 0.3) is 98.7 Å². The van der Waals surface area contributed by atoms with Crippen molar-refractivity contribution in [2.24, 2.45) is 0 Å². The van der Waals surface area contributed by atoms with Crippen LogP contribution in [0.3, 0.4) is 0 Å². The van der Waals surface area contributed by atoms with Crippen LogP contribution in [0.2, 0.25) is 0 Å². The third kappa shape index (κ3) is 5.08. The normalized spacial score (nSPS) is 11.5. The van der Waals surface area contributed by atoms with Gasteiger partial charge in [0.2, 0.25) is 0 Å². The Kier molecular flexibility index (Phi) is 7.25. The minimum atomic E-state index is 1.21. The van der Waals surface area contributed by atoms with Crippen LogP contribution in [0.15, 0.2) is 206 Å². The van der Waals surface area contributed by atoms with Crippen molar-refractivity contribution >= 4 is 43.1 Å². The molecule has 0 saturated carbocycles. The number of fused-ring (bicyclic) bond motifs is 5. The molecule has 0 aliphatic carbocycles. The van der Waals surface area contributed by atoms with Gasteiger partial charge in [-0.15, -0.1) is 0 Å². The van der Waals surface area contributed by atoms with Crippen molar-refractivity contribution in [2.45, 2.75) is 0 Å². The lowest BCUT2D eigenvalue weighted by molar-refractivity contribution is 1.60. The minimum Gasteiger partial charge on any atom is -0.0622 e. The average Bonchev–Trinajstić information content (AvgIpc) is 3.23. The standard InChI is InChI=1S/C52H34/c1-3-14-35(15-4-1)37-26-28-38(29-27-37)51-46-24-11-12-25-47(46)52(42-20-13-19-39(32-42)36-16-5-2-6-17-36)48-31-30-41(34-50(48)51)49-33-40-18-7-8-21-43(40)44-22-9-10-23-45(44)49/h1-34H. The Bertz CT molecular complexity index is 2920. The largest absolute Gasteiger partial charge is 0.0622 e. The maximum atomic E-state index is 2.45. The lowest BCUT2D eigenvalue weighted by Gasteiger charge is -2.20. The van der Waals surface area contributed by atoms with Gasteiger partial charge in [-0.3, -0.25) is 0 Å². The Hall–Kier alpha value is -6.76. The van der Waals surface area contributed by atoms with Crippen molar-refractivity contribution in [1.82, 2.24) is 0 Å². The predicted molar refractivity (Wildman–Crippen MR) is 224 cm³/mol. The molecule has 0 spiro atoms. The molecule has 0 atom stereocenters. The van der Waals surface area contributed by atoms with Crippen LogP contribution >= 0.6 is 0 Å². The summed E-state index contributed by atoms with van der Waals surface area (Å²) < 4.78 is 0. The van der Waals surface area contributed by atoms with Crippen LogP contribution in [0, 0.1) is 0 Å². The lowest BCUT2D eigenvalue weighted by Crippen LogP contribution is -1.93. The van der Waals surface area contributed by atoms with Gasteiger partial charge in [-0.1, -0.05) is 188 Å². The van der Waals surface area contributed by atoms with E-state index >= 15 is 0 Å². The van der Waals surface area contributed by atoms with Gasteiger partial charge in [0, 0.05) is 0 Å². The predicted octanol–water partition coefficient (Wildman–Crippen LogP) is 14.6. The Morgan fingerprint density at radius 2 is 0.654 bits per heavy atom. The zero-order valence-corrected chi connectivity index (χ0v) is 28.6. The van der Waals surface area contributed by atoms with Crippen LogP contribution in [0.4, 0.5) is 0 Å². The summed E-state index contributed by atoms with van der Waals surface area (Å²) in [6, 6.07) is 75.6. The van der Waals surface area contributed by atoms with Crippen molar-refractivity contribution < 1.29 is 0 Å². The second-order valence-electron chi connectivity index (χ2n) is 13.6. The first kappa shape index (κ1) is 30.1. The molecule has 0 aromatic heterocycles. The first-order valence-corrected chi connectivity index (χ1v) is 18.0. The topological polar surface area (TPSA) is 0 Å². The fourth-order valence-corrected chi connectivity index (χ4v) is 8.21. The highest BCUT2D eigenvalue weighted by molar-refractivity contribution is 6.23. The molecule has 0 aliphatic rings. The molecule has 0 radical (unpaired) electrons. The zero-order valence-electron chi connectivity index (χ0n) is 28.6. The molecule has 0 fully saturated rings. The van der Waals surface area contributed by atoms with Gasteiger partial charge in [0.15, 0.2) is 0 Å². The summed E-state index contributed by atoms with van der Waals surface area (Å²) in [4.78, 5) is 0. The molecule has 0 heterocycles. The van der Waals surface area contributed by atoms with Gasteiger partial charge >= 0.3 is 0 Å². The Morgan fingerprint density at radius 1 is 0.192 bits per heavy atom. The first-order valence-electron chi connectivity index (χ1n) is 18.0. The number of hydrogen-bond donors (Lipinski definition) is 0. The van der Waals surface area contributed by atoms with Crippen molar-refractivity contribution in [1.29, 1.82) is 0 Å². The summed E-state index contributed by atoms with van der Waals surface area (Å²) in [5, 5.41) is 10.1. The third-order valence-electron chi connectivity index (χ3n) is 10.6. The van der Waals surface area contributed by atoms with E-state index < -0.39 is 0 Å². The van der Waals surface area contributed by atoms with Crippen molar-refractivity contribution in [3.63, 3.8) is 0 Å². The molecule has 0 bridgehead atoms. The molecule has 0 amide bonds. The van der Waals surface area contributed by atoms with E-state index in [1.165, 1.54) is 98.7 Å². The Labute approximate surface area is 303 Å². The van der Waals surface area contributed by atoms with Crippen molar-refractivity contribution in [3.8, 4) is 55.6 Å². The monoisotopic (exact) mass is 658 g/mol. The van der Waals surface area contributed by atoms with E-state index in [2.05, 4.69) is 206 Å². The van der Waals surface area contributed by atoms with E-state index in [0.717, 1.165) is 0 Å². The van der Waals surface area contributed by atoms with Gasteiger partial charge in [0.25, 0.3) is 0 Å². The molecule has 10 aromatic rings. The Balaban J connectivity index is 1.28. The van der Waals surface area contributed by atoms with E-state index in [1.807, 2.05) is 0 Å². The molecule has 10 aromatic carbocycles. The quantitative estimate of drug-likeness (QED) is 0.128. The van der Waals surface area contributed by atoms with E-state index in [4.69, 9.17) is 0 Å². The second kappa shape index (κ2) is 12.5. The summed E-state index contributed by atoms with van der Waals surface area (Å²) in [7, 11) is 0. The molecule has 0 saturated heterocycles. The van der Waals surface area contributed by atoms with Gasteiger partial charge in [-0.2, -0.15) is 0 Å². The molecule has 0 unspecified atom stereocenters. The number of hydrogen-bond acceptors (Lipinski definition) is 0. The maximum Gasteiger partial charge on any atom is -0.00261 e. The molecule has 0 aliphatic heterocycles. The summed E-state index contributed by atoms with van der Waals surface area (Å²) in [6.45, 7) is 0. The van der Waals surface area contributed by atoms with Gasteiger partial charge in [-0.05, 0) is 117 Å². The molecule has 0 heteroatoms. The van der Waals surface area contributed by atoms with Crippen molar-refractivity contribution in [3.05, 3.63) is 206 Å². The summed E-state index contributed by atoms with van der Waals surface area (Å²) in [6.07, 6.45) is 0. The van der Waals surface area contributed by atoms with Crippen LogP contribution in [-0.4, -0.2) is 0 Å². The maximum absolute atomic E-state index is 2.45. The Morgan fingerprint density at radius 3 is 1.37 bits per heavy atom. The summed E-state index contributed by atoms with van der Waals surface area (Å²) in [5.74, 6) is 0. The average molecular weight is 659 g/mol. The number of benzene rings is 10. The summed E-state index contributed by atoms with van der Waals surface area (Å²) >= 11 is 0. The summed E-state index contributed by atoms with van der Waals surface area (Å²) in [5.41, 5.74) is 12.3. The van der Waals surface area contributed by atoms with Gasteiger partial charge < -0.3 is 0 Å². The van der Waals surface area contributed by atoms with E-state index in [1.54, 1.807) is 0 Å². The molecule has 242 valence electrons. The van der Waals surface area contributed by atoms with Gasteiger partial charge in [0.05, 0.1) is 0 Å². The highest BCUT2D eigenvalue weighted by atomic mass is 14.2. The van der Waals surface area contributed by atoms with E-state index in [-0.39, 0.29) is 0 Å². The lowest BCUT2D eigenvalue weighted by atomic mass is 9.83. The highest BCUT2D eigenvalue weighted by Crippen LogP contribution is 2.46. The molecular weight excluding hydrogens is 625 g/mol. The van der Waals surface area contributed by atoms with Crippen molar-refractivity contribution in [2.75, 3.05) is 0 Å². The van der Waals surface area contributed by atoms with Gasteiger partial charge in [-0.25, -0.2) is 0 Å². The minimum absolute atomic E-state index is 1.21. The molecular formula is C52H34. The van der Waals surface area contributed by atoms with E-state index in [9.17, 15) is 0 Å². The smallest absolute Gasteiger partial charge is 0.00261 e. The number of rotatable bonds is 5. The van der Waals surface area contributed by atoms with Crippen LogP contribution in [0.5, 0.6) is 0 Å².